The molecule has 0 bridgehead atoms. The van der Waals surface area contributed by atoms with E-state index in [1.807, 2.05) is 6.26 Å². The standard InChI is InChI=1S/C15H16FNS/c1-18-14-8-4-12(5-9-14)15(17)10-11-2-6-13(16)7-3-11/h2-9,15H,10,17H2,1H3. The van der Waals surface area contributed by atoms with Gasteiger partial charge in [0, 0.05) is 10.9 Å². The second-order valence-corrected chi connectivity index (χ2v) is 5.09. The molecular formula is C15H16FNS. The van der Waals surface area contributed by atoms with Crippen LogP contribution in [0.1, 0.15) is 17.2 Å². The van der Waals surface area contributed by atoms with Gasteiger partial charge in [0.2, 0.25) is 0 Å². The molecule has 0 amide bonds. The minimum Gasteiger partial charge on any atom is -0.324 e. The summed E-state index contributed by atoms with van der Waals surface area (Å²) >= 11 is 1.71. The van der Waals surface area contributed by atoms with Gasteiger partial charge in [-0.05, 0) is 48.1 Å². The van der Waals surface area contributed by atoms with Gasteiger partial charge in [-0.2, -0.15) is 0 Å². The lowest BCUT2D eigenvalue weighted by Crippen LogP contribution is -2.13. The molecule has 1 unspecified atom stereocenters. The quantitative estimate of drug-likeness (QED) is 0.847. The molecule has 0 radical (unpaired) electrons. The first-order valence-electron chi connectivity index (χ1n) is 5.83. The summed E-state index contributed by atoms with van der Waals surface area (Å²) in [7, 11) is 0. The summed E-state index contributed by atoms with van der Waals surface area (Å²) in [5.41, 5.74) is 8.32. The molecule has 1 atom stereocenters. The number of thioether (sulfide) groups is 1. The largest absolute Gasteiger partial charge is 0.324 e. The zero-order valence-electron chi connectivity index (χ0n) is 10.3. The summed E-state index contributed by atoms with van der Waals surface area (Å²) in [5.74, 6) is -0.211. The summed E-state index contributed by atoms with van der Waals surface area (Å²) < 4.78 is 12.8. The van der Waals surface area contributed by atoms with E-state index in [-0.39, 0.29) is 11.9 Å². The lowest BCUT2D eigenvalue weighted by molar-refractivity contribution is 0.625. The van der Waals surface area contributed by atoms with Gasteiger partial charge >= 0.3 is 0 Å². The van der Waals surface area contributed by atoms with Crippen LogP contribution >= 0.6 is 11.8 Å². The van der Waals surface area contributed by atoms with Crippen LogP contribution < -0.4 is 5.73 Å². The van der Waals surface area contributed by atoms with E-state index in [4.69, 9.17) is 5.73 Å². The molecule has 0 saturated heterocycles. The molecule has 0 heterocycles. The molecule has 0 spiro atoms. The van der Waals surface area contributed by atoms with Crippen LogP contribution in [0.25, 0.3) is 0 Å². The predicted octanol–water partition coefficient (Wildman–Crippen LogP) is 3.79. The molecule has 18 heavy (non-hydrogen) atoms. The highest BCUT2D eigenvalue weighted by Crippen LogP contribution is 2.20. The highest BCUT2D eigenvalue weighted by atomic mass is 32.2. The number of hydrogen-bond donors (Lipinski definition) is 1. The molecule has 1 nitrogen and oxygen atoms in total. The van der Waals surface area contributed by atoms with Gasteiger partial charge in [-0.15, -0.1) is 11.8 Å². The van der Waals surface area contributed by atoms with Gasteiger partial charge in [-0.1, -0.05) is 24.3 Å². The van der Waals surface area contributed by atoms with E-state index >= 15 is 0 Å². The van der Waals surface area contributed by atoms with E-state index in [1.165, 1.54) is 17.0 Å². The number of nitrogens with two attached hydrogens (primary N) is 1. The van der Waals surface area contributed by atoms with Crippen molar-refractivity contribution in [2.45, 2.75) is 17.4 Å². The molecular weight excluding hydrogens is 245 g/mol. The van der Waals surface area contributed by atoms with Crippen molar-refractivity contribution in [3.8, 4) is 0 Å². The van der Waals surface area contributed by atoms with E-state index in [1.54, 1.807) is 23.9 Å². The molecule has 3 heteroatoms. The normalized spacial score (nSPS) is 12.4. The van der Waals surface area contributed by atoms with Gasteiger partial charge in [-0.25, -0.2) is 4.39 Å². The maximum Gasteiger partial charge on any atom is 0.123 e. The van der Waals surface area contributed by atoms with Crippen molar-refractivity contribution in [2.24, 2.45) is 5.73 Å². The average molecular weight is 261 g/mol. The summed E-state index contributed by atoms with van der Waals surface area (Å²) in [6.45, 7) is 0. The van der Waals surface area contributed by atoms with Crippen molar-refractivity contribution in [1.82, 2.24) is 0 Å². The summed E-state index contributed by atoms with van der Waals surface area (Å²) in [6, 6.07) is 14.7. The van der Waals surface area contributed by atoms with E-state index in [0.717, 1.165) is 17.5 Å². The highest BCUT2D eigenvalue weighted by Gasteiger charge is 2.07. The maximum atomic E-state index is 12.8. The van der Waals surface area contributed by atoms with Crippen molar-refractivity contribution >= 4 is 11.8 Å². The molecule has 0 aliphatic carbocycles. The Labute approximate surface area is 111 Å². The Morgan fingerprint density at radius 2 is 1.67 bits per heavy atom. The van der Waals surface area contributed by atoms with Gasteiger partial charge in [0.25, 0.3) is 0 Å². The SMILES string of the molecule is CSc1ccc(C(N)Cc2ccc(F)cc2)cc1. The Morgan fingerprint density at radius 3 is 2.22 bits per heavy atom. The van der Waals surface area contributed by atoms with E-state index < -0.39 is 0 Å². The van der Waals surface area contributed by atoms with Crippen LogP contribution in [0.3, 0.4) is 0 Å². The fourth-order valence-corrected chi connectivity index (χ4v) is 2.25. The molecule has 0 aliphatic rings. The van der Waals surface area contributed by atoms with Crippen LogP contribution in [0, 0.1) is 5.82 Å². The Kier molecular flexibility index (Phi) is 4.39. The first kappa shape index (κ1) is 13.1. The van der Waals surface area contributed by atoms with Crippen LogP contribution in [0.15, 0.2) is 53.4 Å². The highest BCUT2D eigenvalue weighted by molar-refractivity contribution is 7.98. The van der Waals surface area contributed by atoms with Gasteiger partial charge in [0.1, 0.15) is 5.82 Å². The third-order valence-electron chi connectivity index (χ3n) is 2.91. The average Bonchev–Trinajstić information content (AvgIpc) is 2.41. The first-order valence-corrected chi connectivity index (χ1v) is 7.05. The van der Waals surface area contributed by atoms with Crippen molar-refractivity contribution in [3.05, 3.63) is 65.5 Å². The Morgan fingerprint density at radius 1 is 1.06 bits per heavy atom. The van der Waals surface area contributed by atoms with Crippen molar-refractivity contribution in [2.75, 3.05) is 6.26 Å². The second-order valence-electron chi connectivity index (χ2n) is 4.21. The number of halogens is 1. The molecule has 0 aliphatic heterocycles. The summed E-state index contributed by atoms with van der Waals surface area (Å²) in [5, 5.41) is 0. The topological polar surface area (TPSA) is 26.0 Å². The van der Waals surface area contributed by atoms with E-state index in [9.17, 15) is 4.39 Å². The predicted molar refractivity (Wildman–Crippen MR) is 75.3 cm³/mol. The molecule has 0 fully saturated rings. The number of rotatable bonds is 4. The molecule has 94 valence electrons. The molecule has 0 aromatic heterocycles. The first-order chi connectivity index (χ1) is 8.69. The third kappa shape index (κ3) is 3.34. The smallest absolute Gasteiger partial charge is 0.123 e. The maximum absolute atomic E-state index is 12.8. The lowest BCUT2D eigenvalue weighted by Gasteiger charge is -2.12. The minimum absolute atomic E-state index is 0.0497. The number of benzene rings is 2. The van der Waals surface area contributed by atoms with E-state index in [0.29, 0.717) is 0 Å². The molecule has 2 N–H and O–H groups in total. The lowest BCUT2D eigenvalue weighted by atomic mass is 10.00. The minimum atomic E-state index is -0.211. The fraction of sp³-hybridized carbons (Fsp3) is 0.200. The van der Waals surface area contributed by atoms with Gasteiger partial charge < -0.3 is 5.73 Å². The molecule has 2 aromatic rings. The van der Waals surface area contributed by atoms with Crippen LogP contribution in [0.4, 0.5) is 4.39 Å². The molecule has 2 rings (SSSR count). The van der Waals surface area contributed by atoms with Crippen LogP contribution in [0.5, 0.6) is 0 Å². The van der Waals surface area contributed by atoms with E-state index in [2.05, 4.69) is 24.3 Å². The zero-order valence-corrected chi connectivity index (χ0v) is 11.1. The Balaban J connectivity index is 2.06. The van der Waals surface area contributed by atoms with Crippen LogP contribution in [-0.4, -0.2) is 6.26 Å². The van der Waals surface area contributed by atoms with Gasteiger partial charge in [-0.3, -0.25) is 0 Å². The van der Waals surface area contributed by atoms with Crippen molar-refractivity contribution in [1.29, 1.82) is 0 Å². The summed E-state index contributed by atoms with van der Waals surface area (Å²) in [4.78, 5) is 1.23. The van der Waals surface area contributed by atoms with Gasteiger partial charge in [0.15, 0.2) is 0 Å². The Bertz CT molecular complexity index is 493. The third-order valence-corrected chi connectivity index (χ3v) is 3.66. The Hall–Kier alpha value is -1.32. The second kappa shape index (κ2) is 6.03. The zero-order chi connectivity index (χ0) is 13.0. The fourth-order valence-electron chi connectivity index (χ4n) is 1.84. The monoisotopic (exact) mass is 261 g/mol. The van der Waals surface area contributed by atoms with Crippen LogP contribution in [-0.2, 0) is 6.42 Å². The van der Waals surface area contributed by atoms with Gasteiger partial charge in [0.05, 0.1) is 0 Å². The molecule has 0 saturated carbocycles. The van der Waals surface area contributed by atoms with Crippen molar-refractivity contribution < 1.29 is 4.39 Å². The number of hydrogen-bond acceptors (Lipinski definition) is 2. The summed E-state index contributed by atoms with van der Waals surface area (Å²) in [6.07, 6.45) is 2.77. The van der Waals surface area contributed by atoms with Crippen LogP contribution in [0.2, 0.25) is 0 Å². The molecule has 2 aromatic carbocycles. The van der Waals surface area contributed by atoms with Crippen molar-refractivity contribution in [3.63, 3.8) is 0 Å².